The van der Waals surface area contributed by atoms with Gasteiger partial charge in [0.25, 0.3) is 0 Å². The van der Waals surface area contributed by atoms with E-state index in [2.05, 4.69) is 10.6 Å². The second kappa shape index (κ2) is 7.38. The number of carbonyl (C=O) groups excluding carboxylic acids is 2. The first kappa shape index (κ1) is 17.7. The number of hydrogen-bond donors (Lipinski definition) is 2. The summed E-state index contributed by atoms with van der Waals surface area (Å²) in [5.41, 5.74) is 0.434. The summed E-state index contributed by atoms with van der Waals surface area (Å²) in [5.74, 6) is -1.33. The maximum Gasteiger partial charge on any atom is 0.323 e. The Kier molecular flexibility index (Phi) is 5.01. The minimum absolute atomic E-state index is 0.0109. The highest BCUT2D eigenvalue weighted by Gasteiger charge is 2.24. The van der Waals surface area contributed by atoms with E-state index in [1.807, 2.05) is 0 Å². The normalized spacial score (nSPS) is 13.7. The van der Waals surface area contributed by atoms with Crippen molar-refractivity contribution in [3.8, 4) is 5.75 Å². The number of ether oxygens (including phenoxy) is 1. The van der Waals surface area contributed by atoms with E-state index in [0.717, 1.165) is 18.6 Å². The van der Waals surface area contributed by atoms with Gasteiger partial charge in [0.05, 0.1) is 12.8 Å². The lowest BCUT2D eigenvalue weighted by Gasteiger charge is -2.19. The zero-order valence-corrected chi connectivity index (χ0v) is 14.0. The van der Waals surface area contributed by atoms with Crippen molar-refractivity contribution in [3.05, 3.63) is 48.0 Å². The van der Waals surface area contributed by atoms with Gasteiger partial charge in [-0.2, -0.15) is 0 Å². The van der Waals surface area contributed by atoms with E-state index in [1.54, 1.807) is 17.0 Å². The summed E-state index contributed by atoms with van der Waals surface area (Å²) in [6.45, 7) is 0.606. The highest BCUT2D eigenvalue weighted by Crippen LogP contribution is 2.33. The van der Waals surface area contributed by atoms with Crippen LogP contribution in [0.1, 0.15) is 12.8 Å². The van der Waals surface area contributed by atoms with Crippen LogP contribution in [-0.4, -0.2) is 25.6 Å². The molecule has 136 valence electrons. The Hall–Kier alpha value is -3.16. The van der Waals surface area contributed by atoms with Gasteiger partial charge in [-0.1, -0.05) is 6.07 Å². The third-order valence-electron chi connectivity index (χ3n) is 4.00. The van der Waals surface area contributed by atoms with Crippen molar-refractivity contribution in [1.29, 1.82) is 0 Å². The van der Waals surface area contributed by atoms with E-state index in [0.29, 0.717) is 30.1 Å². The lowest BCUT2D eigenvalue weighted by Crippen LogP contribution is -2.24. The lowest BCUT2D eigenvalue weighted by atomic mass is 10.2. The summed E-state index contributed by atoms with van der Waals surface area (Å²) in [7, 11) is 1.46. The van der Waals surface area contributed by atoms with Crippen molar-refractivity contribution in [2.24, 2.45) is 0 Å². The van der Waals surface area contributed by atoms with Gasteiger partial charge in [-0.25, -0.2) is 13.6 Å². The van der Waals surface area contributed by atoms with Crippen LogP contribution in [0, 0.1) is 11.6 Å². The predicted octanol–water partition coefficient (Wildman–Crippen LogP) is 3.74. The van der Waals surface area contributed by atoms with Gasteiger partial charge in [0.1, 0.15) is 23.1 Å². The van der Waals surface area contributed by atoms with E-state index in [4.69, 9.17) is 4.74 Å². The minimum atomic E-state index is -0.874. The summed E-state index contributed by atoms with van der Waals surface area (Å²) < 4.78 is 32.5. The van der Waals surface area contributed by atoms with Crippen LogP contribution < -0.4 is 20.3 Å². The quantitative estimate of drug-likeness (QED) is 0.871. The highest BCUT2D eigenvalue weighted by atomic mass is 19.1. The molecule has 0 bridgehead atoms. The van der Waals surface area contributed by atoms with E-state index >= 15 is 0 Å². The van der Waals surface area contributed by atoms with Gasteiger partial charge < -0.3 is 20.3 Å². The predicted molar refractivity (Wildman–Crippen MR) is 93.6 cm³/mol. The topological polar surface area (TPSA) is 70.7 Å². The molecular formula is C18H17F2N3O3. The molecule has 1 fully saturated rings. The molecule has 1 aliphatic rings. The Morgan fingerprint density at radius 1 is 1.15 bits per heavy atom. The number of carbonyl (C=O) groups is 2. The van der Waals surface area contributed by atoms with Crippen molar-refractivity contribution in [3.63, 3.8) is 0 Å². The molecule has 26 heavy (non-hydrogen) atoms. The van der Waals surface area contributed by atoms with Gasteiger partial charge in [-0.15, -0.1) is 0 Å². The number of para-hydroxylation sites is 1. The zero-order chi connectivity index (χ0) is 18.7. The number of urea groups is 1. The molecule has 0 radical (unpaired) electrons. The van der Waals surface area contributed by atoms with Gasteiger partial charge in [-0.05, 0) is 30.7 Å². The highest BCUT2D eigenvalue weighted by molar-refractivity contribution is 6.01. The second-order valence-corrected chi connectivity index (χ2v) is 5.71. The van der Waals surface area contributed by atoms with E-state index < -0.39 is 23.4 Å². The summed E-state index contributed by atoms with van der Waals surface area (Å²) in [6, 6.07) is 7.27. The molecule has 1 saturated heterocycles. The Morgan fingerprint density at radius 3 is 2.50 bits per heavy atom. The summed E-state index contributed by atoms with van der Waals surface area (Å²) in [5, 5.41) is 4.62. The molecule has 0 saturated carbocycles. The van der Waals surface area contributed by atoms with Gasteiger partial charge >= 0.3 is 6.03 Å². The van der Waals surface area contributed by atoms with E-state index in [9.17, 15) is 18.4 Å². The van der Waals surface area contributed by atoms with Crippen LogP contribution in [0.5, 0.6) is 5.75 Å². The van der Waals surface area contributed by atoms with Crippen molar-refractivity contribution >= 4 is 29.0 Å². The van der Waals surface area contributed by atoms with Crippen molar-refractivity contribution in [2.45, 2.75) is 12.8 Å². The Labute approximate surface area is 148 Å². The fourth-order valence-corrected chi connectivity index (χ4v) is 2.77. The Bertz CT molecular complexity index is 837. The summed E-state index contributed by atoms with van der Waals surface area (Å²) in [4.78, 5) is 25.5. The van der Waals surface area contributed by atoms with Crippen LogP contribution in [0.2, 0.25) is 0 Å². The molecule has 6 nitrogen and oxygen atoms in total. The van der Waals surface area contributed by atoms with Crippen LogP contribution in [0.15, 0.2) is 36.4 Å². The molecular weight excluding hydrogens is 344 g/mol. The smallest absolute Gasteiger partial charge is 0.323 e. The molecule has 3 rings (SSSR count). The average molecular weight is 361 g/mol. The first-order valence-electron chi connectivity index (χ1n) is 8.00. The first-order valence-corrected chi connectivity index (χ1v) is 8.00. The summed E-state index contributed by atoms with van der Waals surface area (Å²) >= 11 is 0. The molecule has 0 aliphatic carbocycles. The third kappa shape index (κ3) is 3.58. The van der Waals surface area contributed by atoms with Crippen LogP contribution in [-0.2, 0) is 4.79 Å². The number of benzene rings is 2. The maximum absolute atomic E-state index is 13.6. The average Bonchev–Trinajstić information content (AvgIpc) is 3.04. The van der Waals surface area contributed by atoms with Gasteiger partial charge in [0.15, 0.2) is 0 Å². The number of hydrogen-bond acceptors (Lipinski definition) is 3. The number of methoxy groups -OCH3 is 1. The lowest BCUT2D eigenvalue weighted by molar-refractivity contribution is -0.117. The molecule has 2 aromatic rings. The van der Waals surface area contributed by atoms with Crippen LogP contribution in [0.4, 0.5) is 30.6 Å². The van der Waals surface area contributed by atoms with Crippen molar-refractivity contribution in [2.75, 3.05) is 29.2 Å². The van der Waals surface area contributed by atoms with E-state index in [-0.39, 0.29) is 5.91 Å². The first-order chi connectivity index (χ1) is 12.5. The SMILES string of the molecule is COc1cc(NC(=O)Nc2c(F)cccc2F)ccc1N1CCCC1=O. The number of nitrogens with one attached hydrogen (secondary N) is 2. The molecule has 3 amide bonds. The van der Waals surface area contributed by atoms with Gasteiger partial charge in [-0.3, -0.25) is 4.79 Å². The number of amides is 3. The fraction of sp³-hybridized carbons (Fsp3) is 0.222. The van der Waals surface area contributed by atoms with Crippen molar-refractivity contribution < 1.29 is 23.1 Å². The molecule has 0 unspecified atom stereocenters. The van der Waals surface area contributed by atoms with Crippen LogP contribution in [0.3, 0.4) is 0 Å². The molecule has 8 heteroatoms. The van der Waals surface area contributed by atoms with Crippen LogP contribution >= 0.6 is 0 Å². The Balaban J connectivity index is 1.75. The molecule has 1 heterocycles. The molecule has 2 aromatic carbocycles. The molecule has 2 N–H and O–H groups in total. The van der Waals surface area contributed by atoms with Crippen LogP contribution in [0.25, 0.3) is 0 Å². The fourth-order valence-electron chi connectivity index (χ4n) is 2.77. The molecule has 0 atom stereocenters. The van der Waals surface area contributed by atoms with Gasteiger partial charge in [0.2, 0.25) is 5.91 Å². The third-order valence-corrected chi connectivity index (χ3v) is 4.00. The second-order valence-electron chi connectivity index (χ2n) is 5.71. The molecule has 0 spiro atoms. The minimum Gasteiger partial charge on any atom is -0.494 e. The summed E-state index contributed by atoms with van der Waals surface area (Å²) in [6.07, 6.45) is 1.26. The molecule has 0 aromatic heterocycles. The number of nitrogens with zero attached hydrogens (tertiary/aromatic N) is 1. The Morgan fingerprint density at radius 2 is 1.88 bits per heavy atom. The zero-order valence-electron chi connectivity index (χ0n) is 14.0. The molecule has 1 aliphatic heterocycles. The van der Waals surface area contributed by atoms with Crippen molar-refractivity contribution in [1.82, 2.24) is 0 Å². The number of rotatable bonds is 4. The number of halogens is 2. The van der Waals surface area contributed by atoms with E-state index in [1.165, 1.54) is 19.2 Å². The van der Waals surface area contributed by atoms with Gasteiger partial charge in [0, 0.05) is 24.7 Å². The monoisotopic (exact) mass is 361 g/mol. The largest absolute Gasteiger partial charge is 0.494 e. The maximum atomic E-state index is 13.6. The standard InChI is InChI=1S/C18H17F2N3O3/c1-26-15-10-11(7-8-14(15)23-9-3-6-16(23)24)21-18(25)22-17-12(19)4-2-5-13(17)20/h2,4-5,7-8,10H,3,6,9H2,1H3,(H2,21,22,25). The number of anilines is 3.